The van der Waals surface area contributed by atoms with Crippen LogP contribution in [0, 0.1) is 0 Å². The molecule has 166 valence electrons. The SMILES string of the molecule is O=C(N=c1cc2n(O)c3ccccc3n(O)c-2cc1=NC(=O)c1ccccc1)c1ccccc1. The van der Waals surface area contributed by atoms with Crippen LogP contribution in [0.15, 0.2) is 107 Å². The molecule has 3 aromatic rings. The van der Waals surface area contributed by atoms with Crippen LogP contribution in [0.4, 0.5) is 0 Å². The van der Waals surface area contributed by atoms with Crippen LogP contribution in [0.1, 0.15) is 20.7 Å². The maximum atomic E-state index is 12.8. The second kappa shape index (κ2) is 8.51. The van der Waals surface area contributed by atoms with Crippen molar-refractivity contribution in [2.24, 2.45) is 9.98 Å². The van der Waals surface area contributed by atoms with Gasteiger partial charge in [-0.05, 0) is 48.5 Å². The maximum absolute atomic E-state index is 12.8. The fraction of sp³-hybridized carbons (Fsp3) is 0. The highest BCUT2D eigenvalue weighted by Gasteiger charge is 2.18. The van der Waals surface area contributed by atoms with Gasteiger partial charge in [-0.2, -0.15) is 9.46 Å². The van der Waals surface area contributed by atoms with Gasteiger partial charge in [0, 0.05) is 11.1 Å². The van der Waals surface area contributed by atoms with Gasteiger partial charge in [0.25, 0.3) is 11.8 Å². The van der Waals surface area contributed by atoms with Gasteiger partial charge in [-0.25, -0.2) is 9.98 Å². The van der Waals surface area contributed by atoms with Gasteiger partial charge in [0.2, 0.25) is 0 Å². The highest BCUT2D eigenvalue weighted by molar-refractivity contribution is 5.96. The van der Waals surface area contributed by atoms with Crippen molar-refractivity contribution in [2.75, 3.05) is 0 Å². The lowest BCUT2D eigenvalue weighted by molar-refractivity contribution is 0.0986. The molecule has 2 N–H and O–H groups in total. The first-order chi connectivity index (χ1) is 16.5. The van der Waals surface area contributed by atoms with Crippen LogP contribution in [0.2, 0.25) is 0 Å². The standard InChI is InChI=1S/C26H18N4O4/c31-25(17-9-3-1-4-10-17)27-19-15-23-24(30(34)22-14-8-7-13-21(22)29(23)33)16-20(19)28-26(32)18-11-5-2-6-12-18/h1-16,33-34H. The third-order valence-corrected chi connectivity index (χ3v) is 5.35. The monoisotopic (exact) mass is 450 g/mol. The topological polar surface area (TPSA) is 109 Å². The Bertz CT molecular complexity index is 1530. The van der Waals surface area contributed by atoms with Crippen molar-refractivity contribution in [1.82, 2.24) is 9.46 Å². The summed E-state index contributed by atoms with van der Waals surface area (Å²) >= 11 is 0. The molecule has 2 aliphatic rings. The summed E-state index contributed by atoms with van der Waals surface area (Å²) < 4.78 is 1.79. The molecule has 2 amide bonds. The summed E-state index contributed by atoms with van der Waals surface area (Å²) in [6.45, 7) is 0. The van der Waals surface area contributed by atoms with Crippen molar-refractivity contribution in [2.45, 2.75) is 0 Å². The normalized spacial score (nSPS) is 12.4. The van der Waals surface area contributed by atoms with E-state index >= 15 is 0 Å². The number of aromatic nitrogens is 2. The molecular weight excluding hydrogens is 432 g/mol. The molecule has 1 heterocycles. The lowest BCUT2D eigenvalue weighted by Gasteiger charge is -2.17. The van der Waals surface area contributed by atoms with Crippen molar-refractivity contribution in [3.63, 3.8) is 0 Å². The first kappa shape index (κ1) is 20.9. The number of carbonyl (C=O) groups excluding carboxylic acids is 2. The Morgan fingerprint density at radius 1 is 0.559 bits per heavy atom. The molecule has 0 saturated carbocycles. The molecule has 8 nitrogen and oxygen atoms in total. The second-order valence-electron chi connectivity index (χ2n) is 7.51. The van der Waals surface area contributed by atoms with Gasteiger partial charge in [0.1, 0.15) is 22.4 Å². The minimum Gasteiger partial charge on any atom is -0.428 e. The van der Waals surface area contributed by atoms with Gasteiger partial charge in [0.05, 0.1) is 10.7 Å². The molecule has 0 spiro atoms. The third kappa shape index (κ3) is 3.73. The zero-order chi connectivity index (χ0) is 23.7. The number of hydrogen-bond donors (Lipinski definition) is 2. The van der Waals surface area contributed by atoms with Crippen molar-refractivity contribution in [1.29, 1.82) is 0 Å². The van der Waals surface area contributed by atoms with Crippen molar-refractivity contribution < 1.29 is 20.0 Å². The van der Waals surface area contributed by atoms with E-state index < -0.39 is 11.8 Å². The van der Waals surface area contributed by atoms with Crippen LogP contribution in [-0.4, -0.2) is 31.7 Å². The summed E-state index contributed by atoms with van der Waals surface area (Å²) in [4.78, 5) is 34.0. The Hall–Kier alpha value is -4.98. The van der Waals surface area contributed by atoms with E-state index in [1.54, 1.807) is 84.9 Å². The van der Waals surface area contributed by atoms with Crippen LogP contribution in [0.3, 0.4) is 0 Å². The number of nitrogens with zero attached hydrogens (tertiary/aromatic N) is 4. The second-order valence-corrected chi connectivity index (χ2v) is 7.51. The summed E-state index contributed by atoms with van der Waals surface area (Å²) in [5.41, 5.74) is 1.73. The highest BCUT2D eigenvalue weighted by Crippen LogP contribution is 2.24. The molecular formula is C26H18N4O4. The van der Waals surface area contributed by atoms with Gasteiger partial charge in [-0.3, -0.25) is 9.59 Å². The maximum Gasteiger partial charge on any atom is 0.277 e. The van der Waals surface area contributed by atoms with E-state index in [4.69, 9.17) is 0 Å². The average molecular weight is 450 g/mol. The van der Waals surface area contributed by atoms with Gasteiger partial charge < -0.3 is 10.4 Å². The van der Waals surface area contributed by atoms with Crippen LogP contribution < -0.4 is 10.7 Å². The fourth-order valence-corrected chi connectivity index (χ4v) is 3.66. The quantitative estimate of drug-likeness (QED) is 0.317. The molecule has 3 aromatic carbocycles. The van der Waals surface area contributed by atoms with Crippen LogP contribution in [-0.2, 0) is 0 Å². The Balaban J connectivity index is 1.83. The zero-order valence-corrected chi connectivity index (χ0v) is 17.7. The number of hydrogen-bond acceptors (Lipinski definition) is 4. The first-order valence-corrected chi connectivity index (χ1v) is 10.4. The van der Waals surface area contributed by atoms with Crippen LogP contribution in [0.5, 0.6) is 0 Å². The number of rotatable bonds is 2. The largest absolute Gasteiger partial charge is 0.428 e. The van der Waals surface area contributed by atoms with E-state index in [0.29, 0.717) is 22.2 Å². The number of carbonyl (C=O) groups is 2. The van der Waals surface area contributed by atoms with Gasteiger partial charge in [0.15, 0.2) is 0 Å². The molecule has 1 aliphatic carbocycles. The molecule has 0 bridgehead atoms. The predicted molar refractivity (Wildman–Crippen MR) is 124 cm³/mol. The first-order valence-electron chi connectivity index (χ1n) is 10.4. The molecule has 0 fully saturated rings. The molecule has 34 heavy (non-hydrogen) atoms. The molecule has 0 saturated heterocycles. The van der Waals surface area contributed by atoms with E-state index in [2.05, 4.69) is 9.98 Å². The van der Waals surface area contributed by atoms with Crippen molar-refractivity contribution in [3.05, 3.63) is 119 Å². The van der Waals surface area contributed by atoms with Gasteiger partial charge >= 0.3 is 0 Å². The Labute approximate surface area is 192 Å². The molecule has 5 rings (SSSR count). The van der Waals surface area contributed by atoms with E-state index in [-0.39, 0.29) is 22.1 Å². The van der Waals surface area contributed by atoms with E-state index in [1.165, 1.54) is 12.1 Å². The fourth-order valence-electron chi connectivity index (χ4n) is 3.66. The predicted octanol–water partition coefficient (Wildman–Crippen LogP) is 3.50. The van der Waals surface area contributed by atoms with E-state index in [0.717, 1.165) is 9.46 Å². The Kier molecular flexibility index (Phi) is 5.23. The van der Waals surface area contributed by atoms with E-state index in [1.807, 2.05) is 0 Å². The molecule has 0 radical (unpaired) electrons. The summed E-state index contributed by atoms with van der Waals surface area (Å²) in [5, 5.41) is 21.8. The van der Waals surface area contributed by atoms with Crippen molar-refractivity contribution >= 4 is 22.8 Å². The van der Waals surface area contributed by atoms with Gasteiger partial charge in [-0.1, -0.05) is 48.5 Å². The van der Waals surface area contributed by atoms with Crippen LogP contribution in [0.25, 0.3) is 22.4 Å². The van der Waals surface area contributed by atoms with Crippen LogP contribution >= 0.6 is 0 Å². The smallest absolute Gasteiger partial charge is 0.277 e. The highest BCUT2D eigenvalue weighted by atomic mass is 16.5. The lowest BCUT2D eigenvalue weighted by atomic mass is 10.1. The molecule has 1 aliphatic heterocycles. The lowest BCUT2D eigenvalue weighted by Crippen LogP contribution is -2.31. The Morgan fingerprint density at radius 3 is 1.29 bits per heavy atom. The molecule has 0 aromatic heterocycles. The number of amides is 2. The molecule has 0 unspecified atom stereocenters. The van der Waals surface area contributed by atoms with Crippen molar-refractivity contribution in [3.8, 4) is 11.4 Å². The van der Waals surface area contributed by atoms with E-state index in [9.17, 15) is 20.0 Å². The zero-order valence-electron chi connectivity index (χ0n) is 17.7. The third-order valence-electron chi connectivity index (χ3n) is 5.35. The Morgan fingerprint density at radius 2 is 0.912 bits per heavy atom. The minimum atomic E-state index is -0.536. The molecule has 0 atom stereocenters. The number of para-hydroxylation sites is 2. The summed E-state index contributed by atoms with van der Waals surface area (Å²) in [5.74, 6) is -1.07. The summed E-state index contributed by atoms with van der Waals surface area (Å²) in [6.07, 6.45) is 0. The van der Waals surface area contributed by atoms with Gasteiger partial charge in [-0.15, -0.1) is 0 Å². The number of fused-ring (bicyclic) bond motifs is 2. The average Bonchev–Trinajstić information content (AvgIpc) is 2.89. The minimum absolute atomic E-state index is 0.0729. The number of benzene rings is 4. The summed E-state index contributed by atoms with van der Waals surface area (Å²) in [7, 11) is 0. The molecule has 8 heteroatoms. The summed E-state index contributed by atoms with van der Waals surface area (Å²) in [6, 6.07) is 26.4.